The minimum absolute atomic E-state index is 0.450. The lowest BCUT2D eigenvalue weighted by Gasteiger charge is -2.10. The van der Waals surface area contributed by atoms with Crippen molar-refractivity contribution in [2.24, 2.45) is 0 Å². The van der Waals surface area contributed by atoms with Crippen molar-refractivity contribution in [1.29, 1.82) is 0 Å². The van der Waals surface area contributed by atoms with Gasteiger partial charge in [0.25, 0.3) is 0 Å². The maximum absolute atomic E-state index is 6.10. The molecule has 0 aliphatic carbocycles. The summed E-state index contributed by atoms with van der Waals surface area (Å²) in [4.78, 5) is 4.32. The maximum atomic E-state index is 6.10. The average Bonchev–Trinajstić information content (AvgIpc) is 2.87. The normalized spacial score (nSPS) is 12.6. The zero-order valence-corrected chi connectivity index (χ0v) is 12.2. The molecule has 0 bridgehead atoms. The van der Waals surface area contributed by atoms with E-state index in [4.69, 9.17) is 11.6 Å². The molecule has 2 nitrogen and oxygen atoms in total. The molecule has 0 spiro atoms. The Bertz CT molecular complexity index is 497. The number of rotatable bonds is 5. The van der Waals surface area contributed by atoms with Crippen molar-refractivity contribution in [1.82, 2.24) is 10.3 Å². The van der Waals surface area contributed by atoms with Crippen LogP contribution in [0.15, 0.2) is 29.8 Å². The number of halogens is 1. The first-order valence-electron chi connectivity index (χ1n) is 6.02. The second-order valence-electron chi connectivity index (χ2n) is 4.49. The van der Waals surface area contributed by atoms with Crippen LogP contribution in [0.4, 0.5) is 0 Å². The number of nitrogens with one attached hydrogen (secondary N) is 1. The first kappa shape index (κ1) is 13.5. The largest absolute Gasteiger partial charge is 0.312 e. The Morgan fingerprint density at radius 1 is 1.44 bits per heavy atom. The summed E-state index contributed by atoms with van der Waals surface area (Å²) in [5.41, 5.74) is 2.34. The van der Waals surface area contributed by atoms with E-state index < -0.39 is 0 Å². The van der Waals surface area contributed by atoms with Crippen LogP contribution in [-0.2, 0) is 6.54 Å². The highest BCUT2D eigenvalue weighted by Crippen LogP contribution is 2.18. The number of hydrogen-bond donors (Lipinski definition) is 1. The predicted molar refractivity (Wildman–Crippen MR) is 78.4 cm³/mol. The summed E-state index contributed by atoms with van der Waals surface area (Å²) < 4.78 is 0. The molecule has 0 fully saturated rings. The molecule has 0 saturated carbocycles. The van der Waals surface area contributed by atoms with Crippen LogP contribution < -0.4 is 5.32 Å². The zero-order valence-electron chi connectivity index (χ0n) is 10.6. The highest BCUT2D eigenvalue weighted by molar-refractivity contribution is 7.09. The Balaban J connectivity index is 1.83. The average molecular weight is 281 g/mol. The van der Waals surface area contributed by atoms with Crippen LogP contribution in [-0.4, -0.2) is 11.5 Å². The van der Waals surface area contributed by atoms with Crippen molar-refractivity contribution in [3.63, 3.8) is 0 Å². The SMILES string of the molecule is Cc1ccc(CNCC(C)c2nccs2)cc1Cl. The van der Waals surface area contributed by atoms with Gasteiger partial charge in [-0.15, -0.1) is 11.3 Å². The van der Waals surface area contributed by atoms with Gasteiger partial charge in [-0.2, -0.15) is 0 Å². The van der Waals surface area contributed by atoms with Gasteiger partial charge in [0.05, 0.1) is 5.01 Å². The van der Waals surface area contributed by atoms with Gasteiger partial charge in [0.1, 0.15) is 0 Å². The highest BCUT2D eigenvalue weighted by atomic mass is 35.5. The Hall–Kier alpha value is -0.900. The van der Waals surface area contributed by atoms with E-state index in [0.717, 1.165) is 23.7 Å². The molecule has 1 atom stereocenters. The molecule has 18 heavy (non-hydrogen) atoms. The fourth-order valence-corrected chi connectivity index (χ4v) is 2.65. The molecule has 1 heterocycles. The first-order valence-corrected chi connectivity index (χ1v) is 7.27. The summed E-state index contributed by atoms with van der Waals surface area (Å²) in [5, 5.41) is 7.48. The topological polar surface area (TPSA) is 24.9 Å². The molecule has 1 aromatic carbocycles. The Kier molecular flexibility index (Phi) is 4.75. The van der Waals surface area contributed by atoms with Gasteiger partial charge < -0.3 is 5.32 Å². The van der Waals surface area contributed by atoms with E-state index in [1.165, 1.54) is 10.6 Å². The van der Waals surface area contributed by atoms with E-state index in [1.54, 1.807) is 11.3 Å². The van der Waals surface area contributed by atoms with E-state index in [0.29, 0.717) is 5.92 Å². The Morgan fingerprint density at radius 2 is 2.28 bits per heavy atom. The molecule has 1 unspecified atom stereocenters. The lowest BCUT2D eigenvalue weighted by molar-refractivity contribution is 0.613. The van der Waals surface area contributed by atoms with Gasteiger partial charge in [-0.1, -0.05) is 30.7 Å². The van der Waals surface area contributed by atoms with Gasteiger partial charge in [-0.3, -0.25) is 0 Å². The van der Waals surface area contributed by atoms with Crippen LogP contribution in [0.1, 0.15) is 29.0 Å². The van der Waals surface area contributed by atoms with E-state index in [-0.39, 0.29) is 0 Å². The lowest BCUT2D eigenvalue weighted by Crippen LogP contribution is -2.19. The Morgan fingerprint density at radius 3 is 2.94 bits per heavy atom. The molecule has 1 aromatic heterocycles. The zero-order chi connectivity index (χ0) is 13.0. The third kappa shape index (κ3) is 3.55. The van der Waals surface area contributed by atoms with E-state index in [1.807, 2.05) is 24.6 Å². The molecule has 0 amide bonds. The fraction of sp³-hybridized carbons (Fsp3) is 0.357. The molecule has 2 rings (SSSR count). The molecule has 2 aromatic rings. The van der Waals surface area contributed by atoms with Crippen molar-refractivity contribution < 1.29 is 0 Å². The van der Waals surface area contributed by atoms with Gasteiger partial charge >= 0.3 is 0 Å². The number of aryl methyl sites for hydroxylation is 1. The molecular formula is C14H17ClN2S. The van der Waals surface area contributed by atoms with Crippen LogP contribution in [0.5, 0.6) is 0 Å². The van der Waals surface area contributed by atoms with E-state index in [9.17, 15) is 0 Å². The summed E-state index contributed by atoms with van der Waals surface area (Å²) in [6.07, 6.45) is 1.86. The predicted octanol–water partition coefficient (Wildman–Crippen LogP) is 4.00. The number of thiazole rings is 1. The van der Waals surface area contributed by atoms with E-state index >= 15 is 0 Å². The van der Waals surface area contributed by atoms with Crippen molar-refractivity contribution >= 4 is 22.9 Å². The molecule has 0 saturated heterocycles. The summed E-state index contributed by atoms with van der Waals surface area (Å²) in [6.45, 7) is 5.98. The summed E-state index contributed by atoms with van der Waals surface area (Å²) in [5.74, 6) is 0.450. The van der Waals surface area contributed by atoms with Gasteiger partial charge in [0, 0.05) is 35.6 Å². The smallest absolute Gasteiger partial charge is 0.0965 e. The first-order chi connectivity index (χ1) is 8.66. The number of benzene rings is 1. The molecule has 4 heteroatoms. The molecule has 0 radical (unpaired) electrons. The lowest BCUT2D eigenvalue weighted by atomic mass is 10.1. The van der Waals surface area contributed by atoms with Crippen LogP contribution in [0.25, 0.3) is 0 Å². The summed E-state index contributed by atoms with van der Waals surface area (Å²) in [7, 11) is 0. The van der Waals surface area contributed by atoms with Crippen molar-refractivity contribution in [3.8, 4) is 0 Å². The van der Waals surface area contributed by atoms with Gasteiger partial charge in [-0.25, -0.2) is 4.98 Å². The van der Waals surface area contributed by atoms with Gasteiger partial charge in [-0.05, 0) is 24.1 Å². The second kappa shape index (κ2) is 6.32. The van der Waals surface area contributed by atoms with Gasteiger partial charge in [0.15, 0.2) is 0 Å². The minimum Gasteiger partial charge on any atom is -0.312 e. The Labute approximate surface area is 117 Å². The standard InChI is InChI=1S/C14H17ClN2S/c1-10-3-4-12(7-13(10)15)9-16-8-11(2)14-17-5-6-18-14/h3-7,11,16H,8-9H2,1-2H3. The number of aromatic nitrogens is 1. The second-order valence-corrected chi connectivity index (χ2v) is 5.82. The van der Waals surface area contributed by atoms with Crippen LogP contribution >= 0.6 is 22.9 Å². The third-order valence-electron chi connectivity index (χ3n) is 2.89. The van der Waals surface area contributed by atoms with Crippen LogP contribution in [0, 0.1) is 6.92 Å². The van der Waals surface area contributed by atoms with E-state index in [2.05, 4.69) is 29.4 Å². The molecular weight excluding hydrogens is 264 g/mol. The summed E-state index contributed by atoms with van der Waals surface area (Å²) in [6, 6.07) is 6.20. The quantitative estimate of drug-likeness (QED) is 0.895. The molecule has 0 aliphatic heterocycles. The third-order valence-corrected chi connectivity index (χ3v) is 4.30. The molecule has 96 valence electrons. The monoisotopic (exact) mass is 280 g/mol. The number of nitrogens with zero attached hydrogens (tertiary/aromatic N) is 1. The minimum atomic E-state index is 0.450. The molecule has 0 aliphatic rings. The number of hydrogen-bond acceptors (Lipinski definition) is 3. The van der Waals surface area contributed by atoms with Crippen molar-refractivity contribution in [2.45, 2.75) is 26.3 Å². The van der Waals surface area contributed by atoms with Crippen LogP contribution in [0.3, 0.4) is 0 Å². The fourth-order valence-electron chi connectivity index (χ4n) is 1.74. The van der Waals surface area contributed by atoms with Crippen molar-refractivity contribution in [2.75, 3.05) is 6.54 Å². The van der Waals surface area contributed by atoms with Crippen molar-refractivity contribution in [3.05, 3.63) is 50.9 Å². The molecule has 1 N–H and O–H groups in total. The van der Waals surface area contributed by atoms with Gasteiger partial charge in [0.2, 0.25) is 0 Å². The maximum Gasteiger partial charge on any atom is 0.0965 e. The highest BCUT2D eigenvalue weighted by Gasteiger charge is 2.07. The summed E-state index contributed by atoms with van der Waals surface area (Å²) >= 11 is 7.81. The van der Waals surface area contributed by atoms with Crippen LogP contribution in [0.2, 0.25) is 5.02 Å².